The van der Waals surface area contributed by atoms with Crippen LogP contribution in [-0.2, 0) is 11.8 Å². The molecule has 0 spiro atoms. The molecule has 0 atom stereocenters. The fourth-order valence-corrected chi connectivity index (χ4v) is 2.47. The minimum atomic E-state index is 0.242. The molecule has 1 fully saturated rings. The largest absolute Gasteiger partial charge is 0.314 e. The summed E-state index contributed by atoms with van der Waals surface area (Å²) in [5.41, 5.74) is 4.62. The Hall–Kier alpha value is -0.860. The molecule has 0 unspecified atom stereocenters. The van der Waals surface area contributed by atoms with E-state index >= 15 is 0 Å². The molecule has 0 saturated carbocycles. The zero-order chi connectivity index (χ0) is 14.0. The third-order valence-corrected chi connectivity index (χ3v) is 4.33. The maximum Gasteiger partial charge on any atom is 0.0342 e. The topological polar surface area (TPSA) is 15.3 Å². The molecule has 0 aliphatic carbocycles. The maximum atomic E-state index is 3.34. The molecular weight excluding hydrogens is 232 g/mol. The van der Waals surface area contributed by atoms with Gasteiger partial charge in [-0.25, -0.2) is 0 Å². The van der Waals surface area contributed by atoms with Gasteiger partial charge in [0.1, 0.15) is 0 Å². The molecule has 0 radical (unpaired) electrons. The van der Waals surface area contributed by atoms with Gasteiger partial charge in [-0.1, -0.05) is 39.0 Å². The van der Waals surface area contributed by atoms with Crippen LogP contribution >= 0.6 is 0 Å². The fraction of sp³-hybridized carbons (Fsp3) is 0.647. The summed E-state index contributed by atoms with van der Waals surface area (Å²) in [5, 5.41) is 3.34. The van der Waals surface area contributed by atoms with Gasteiger partial charge in [0.25, 0.3) is 0 Å². The molecule has 0 amide bonds. The Morgan fingerprint density at radius 1 is 1.26 bits per heavy atom. The van der Waals surface area contributed by atoms with E-state index in [0.717, 1.165) is 32.1 Å². The summed E-state index contributed by atoms with van der Waals surface area (Å²) in [6.45, 7) is 12.5. The summed E-state index contributed by atoms with van der Waals surface area (Å²) in [4.78, 5) is 2.49. The predicted molar refractivity (Wildman–Crippen MR) is 82.9 cm³/mol. The highest BCUT2D eigenvalue weighted by Gasteiger charge is 2.21. The molecule has 1 aliphatic rings. The number of nitrogens with one attached hydrogen (secondary N) is 1. The van der Waals surface area contributed by atoms with Crippen molar-refractivity contribution in [2.24, 2.45) is 0 Å². The number of rotatable bonds is 4. The number of hydrogen-bond acceptors (Lipinski definition) is 2. The predicted octanol–water partition coefficient (Wildman–Crippen LogP) is 2.74. The second-order valence-corrected chi connectivity index (χ2v) is 6.93. The molecule has 1 saturated heterocycles. The number of aryl methyl sites for hydroxylation is 1. The first kappa shape index (κ1) is 14.5. The van der Waals surface area contributed by atoms with E-state index < -0.39 is 0 Å². The van der Waals surface area contributed by atoms with Crippen molar-refractivity contribution in [1.82, 2.24) is 10.2 Å². The van der Waals surface area contributed by atoms with E-state index in [9.17, 15) is 0 Å². The summed E-state index contributed by atoms with van der Waals surface area (Å²) in [6, 6.07) is 7.70. The van der Waals surface area contributed by atoms with Crippen molar-refractivity contribution in [2.75, 3.05) is 26.7 Å². The van der Waals surface area contributed by atoms with Crippen LogP contribution in [0.25, 0.3) is 0 Å². The molecule has 2 heteroatoms. The Labute approximate surface area is 118 Å². The van der Waals surface area contributed by atoms with Gasteiger partial charge in [-0.2, -0.15) is 0 Å². The van der Waals surface area contributed by atoms with E-state index in [1.807, 2.05) is 0 Å². The Morgan fingerprint density at radius 2 is 1.95 bits per heavy atom. The van der Waals surface area contributed by atoms with Gasteiger partial charge in [0.15, 0.2) is 0 Å². The number of likely N-dealkylation sites (N-methyl/N-ethyl adjacent to an activating group) is 1. The molecule has 1 heterocycles. The summed E-state index contributed by atoms with van der Waals surface area (Å²) in [6.07, 6.45) is 1.16. The van der Waals surface area contributed by atoms with Crippen molar-refractivity contribution in [1.29, 1.82) is 0 Å². The molecule has 2 rings (SSSR count). The highest BCUT2D eigenvalue weighted by molar-refractivity contribution is 5.34. The van der Waals surface area contributed by atoms with E-state index in [1.165, 1.54) is 16.7 Å². The zero-order valence-corrected chi connectivity index (χ0v) is 13.1. The maximum absolute atomic E-state index is 3.34. The van der Waals surface area contributed by atoms with E-state index in [4.69, 9.17) is 0 Å². The van der Waals surface area contributed by atoms with Crippen molar-refractivity contribution in [2.45, 2.75) is 45.6 Å². The normalized spacial score (nSPS) is 16.7. The lowest BCUT2D eigenvalue weighted by Crippen LogP contribution is -2.56. The second kappa shape index (κ2) is 5.64. The fourth-order valence-electron chi connectivity index (χ4n) is 2.47. The lowest BCUT2D eigenvalue weighted by atomic mass is 9.85. The van der Waals surface area contributed by atoms with Crippen LogP contribution in [0.3, 0.4) is 0 Å². The van der Waals surface area contributed by atoms with Crippen LogP contribution < -0.4 is 5.32 Å². The molecular formula is C17H28N2. The van der Waals surface area contributed by atoms with Crippen LogP contribution in [0.5, 0.6) is 0 Å². The van der Waals surface area contributed by atoms with Gasteiger partial charge < -0.3 is 10.2 Å². The van der Waals surface area contributed by atoms with Crippen molar-refractivity contribution in [3.63, 3.8) is 0 Å². The Kier molecular flexibility index (Phi) is 4.32. The van der Waals surface area contributed by atoms with E-state index in [-0.39, 0.29) is 5.41 Å². The Bertz CT molecular complexity index is 427. The van der Waals surface area contributed by atoms with Crippen LogP contribution in [0.15, 0.2) is 18.2 Å². The first-order valence-corrected chi connectivity index (χ1v) is 7.39. The summed E-state index contributed by atoms with van der Waals surface area (Å²) in [7, 11) is 2.24. The minimum absolute atomic E-state index is 0.242. The molecule has 1 N–H and O–H groups in total. The van der Waals surface area contributed by atoms with Gasteiger partial charge in [-0.05, 0) is 42.5 Å². The van der Waals surface area contributed by atoms with Crippen LogP contribution in [0, 0.1) is 6.92 Å². The van der Waals surface area contributed by atoms with Gasteiger partial charge in [0.05, 0.1) is 0 Å². The first-order valence-electron chi connectivity index (χ1n) is 7.39. The van der Waals surface area contributed by atoms with Crippen LogP contribution in [0.4, 0.5) is 0 Å². The molecule has 1 aromatic carbocycles. The average molecular weight is 260 g/mol. The van der Waals surface area contributed by atoms with Gasteiger partial charge in [-0.3, -0.25) is 0 Å². The van der Waals surface area contributed by atoms with Crippen LogP contribution in [0.2, 0.25) is 0 Å². The monoisotopic (exact) mass is 260 g/mol. The molecule has 1 aromatic rings. The second-order valence-electron chi connectivity index (χ2n) is 6.93. The standard InChI is InChI=1S/C17H28N2/c1-13-6-7-15(17(2,3)4)10-14(13)8-9-19(5)16-11-18-12-16/h6-7,10,16,18H,8-9,11-12H2,1-5H3. The van der Waals surface area contributed by atoms with Crippen LogP contribution in [0.1, 0.15) is 37.5 Å². The number of nitrogens with zero attached hydrogens (tertiary/aromatic N) is 1. The highest BCUT2D eigenvalue weighted by atomic mass is 15.2. The highest BCUT2D eigenvalue weighted by Crippen LogP contribution is 2.24. The van der Waals surface area contributed by atoms with Gasteiger partial charge >= 0.3 is 0 Å². The van der Waals surface area contributed by atoms with Crippen LogP contribution in [-0.4, -0.2) is 37.6 Å². The smallest absolute Gasteiger partial charge is 0.0342 e. The molecule has 0 aromatic heterocycles. The van der Waals surface area contributed by atoms with Gasteiger partial charge in [0, 0.05) is 25.7 Å². The third-order valence-electron chi connectivity index (χ3n) is 4.33. The van der Waals surface area contributed by atoms with Crippen molar-refractivity contribution in [3.8, 4) is 0 Å². The number of benzene rings is 1. The quantitative estimate of drug-likeness (QED) is 0.895. The third kappa shape index (κ3) is 3.58. The van der Waals surface area contributed by atoms with E-state index in [2.05, 4.69) is 63.2 Å². The average Bonchev–Trinajstić information content (AvgIpc) is 2.24. The molecule has 19 heavy (non-hydrogen) atoms. The first-order chi connectivity index (χ1) is 8.88. The zero-order valence-electron chi connectivity index (χ0n) is 13.1. The summed E-state index contributed by atoms with van der Waals surface area (Å²) < 4.78 is 0. The lowest BCUT2D eigenvalue weighted by Gasteiger charge is -2.35. The molecule has 1 aliphatic heterocycles. The summed E-state index contributed by atoms with van der Waals surface area (Å²) in [5.74, 6) is 0. The Morgan fingerprint density at radius 3 is 2.47 bits per heavy atom. The lowest BCUT2D eigenvalue weighted by molar-refractivity contribution is 0.182. The summed E-state index contributed by atoms with van der Waals surface area (Å²) >= 11 is 0. The number of hydrogen-bond donors (Lipinski definition) is 1. The van der Waals surface area contributed by atoms with E-state index in [0.29, 0.717) is 0 Å². The van der Waals surface area contributed by atoms with Gasteiger partial charge in [0.2, 0.25) is 0 Å². The molecule has 0 bridgehead atoms. The SMILES string of the molecule is Cc1ccc(C(C)(C)C)cc1CCN(C)C1CNC1. The van der Waals surface area contributed by atoms with Crippen molar-refractivity contribution in [3.05, 3.63) is 34.9 Å². The molecule has 106 valence electrons. The van der Waals surface area contributed by atoms with Gasteiger partial charge in [-0.15, -0.1) is 0 Å². The van der Waals surface area contributed by atoms with Crippen molar-refractivity contribution < 1.29 is 0 Å². The molecule has 2 nitrogen and oxygen atoms in total. The minimum Gasteiger partial charge on any atom is -0.314 e. The van der Waals surface area contributed by atoms with E-state index in [1.54, 1.807) is 0 Å². The Balaban J connectivity index is 2.02. The van der Waals surface area contributed by atoms with Crippen molar-refractivity contribution >= 4 is 0 Å².